The zero-order valence-corrected chi connectivity index (χ0v) is 14.1. The first-order valence-electron chi connectivity index (χ1n) is 9.33. The van der Waals surface area contributed by atoms with Gasteiger partial charge in [0, 0.05) is 25.7 Å². The zero-order valence-electron chi connectivity index (χ0n) is 14.1. The number of unbranched alkanes of at least 4 members (excludes halogenated alkanes) is 1. The van der Waals surface area contributed by atoms with Crippen LogP contribution < -0.4 is 5.32 Å². The minimum absolute atomic E-state index is 0.676. The lowest BCUT2D eigenvalue weighted by molar-refractivity contribution is 0.130. The molecule has 3 rings (SSSR count). The molecule has 22 heavy (non-hydrogen) atoms. The van der Waals surface area contributed by atoms with Crippen molar-refractivity contribution in [3.05, 3.63) is 35.9 Å². The molecule has 2 aliphatic rings. The summed E-state index contributed by atoms with van der Waals surface area (Å²) in [5, 5.41) is 3.83. The number of likely N-dealkylation sites (tertiary alicyclic amines) is 1. The fourth-order valence-corrected chi connectivity index (χ4v) is 3.87. The Morgan fingerprint density at radius 2 is 1.91 bits per heavy atom. The van der Waals surface area contributed by atoms with Crippen LogP contribution in [0.4, 0.5) is 0 Å². The second-order valence-corrected chi connectivity index (χ2v) is 7.46. The summed E-state index contributed by atoms with van der Waals surface area (Å²) in [6.45, 7) is 7.20. The molecule has 1 aromatic carbocycles. The van der Waals surface area contributed by atoms with Crippen molar-refractivity contribution in [2.45, 2.75) is 58.0 Å². The lowest BCUT2D eigenvalue weighted by Gasteiger charge is -2.38. The van der Waals surface area contributed by atoms with Crippen LogP contribution in [0.5, 0.6) is 0 Å². The van der Waals surface area contributed by atoms with Crippen LogP contribution in [0.25, 0.3) is 0 Å². The van der Waals surface area contributed by atoms with Crippen molar-refractivity contribution in [1.29, 1.82) is 0 Å². The number of nitrogens with one attached hydrogen (secondary N) is 1. The molecule has 0 amide bonds. The van der Waals surface area contributed by atoms with Gasteiger partial charge in [-0.1, -0.05) is 56.5 Å². The Kier molecular flexibility index (Phi) is 5.91. The second kappa shape index (κ2) is 8.12. The third-order valence-corrected chi connectivity index (χ3v) is 5.24. The van der Waals surface area contributed by atoms with Gasteiger partial charge in [0.15, 0.2) is 0 Å². The molecule has 1 aliphatic heterocycles. The average Bonchev–Trinajstić information content (AvgIpc) is 3.36. The Morgan fingerprint density at radius 3 is 2.64 bits per heavy atom. The molecule has 2 heteroatoms. The van der Waals surface area contributed by atoms with Crippen LogP contribution in [0.1, 0.15) is 51.0 Å². The average molecular weight is 300 g/mol. The third kappa shape index (κ3) is 5.10. The topological polar surface area (TPSA) is 15.3 Å². The van der Waals surface area contributed by atoms with Crippen molar-refractivity contribution >= 4 is 0 Å². The monoisotopic (exact) mass is 300 g/mol. The number of piperidine rings is 1. The number of rotatable bonds is 8. The Bertz CT molecular complexity index is 427. The molecule has 1 N–H and O–H groups in total. The Morgan fingerprint density at radius 1 is 1.09 bits per heavy atom. The van der Waals surface area contributed by atoms with Gasteiger partial charge in [-0.25, -0.2) is 0 Å². The summed E-state index contributed by atoms with van der Waals surface area (Å²) in [5.74, 6) is 1.98. The number of nitrogens with zero attached hydrogens (tertiary/aromatic N) is 1. The Labute approximate surface area is 136 Å². The fraction of sp³-hybridized carbons (Fsp3) is 0.700. The van der Waals surface area contributed by atoms with Gasteiger partial charge in [0.25, 0.3) is 0 Å². The van der Waals surface area contributed by atoms with Crippen LogP contribution in [0.3, 0.4) is 0 Å². The predicted molar refractivity (Wildman–Crippen MR) is 93.9 cm³/mol. The van der Waals surface area contributed by atoms with Crippen LogP contribution in [-0.4, -0.2) is 30.6 Å². The van der Waals surface area contributed by atoms with E-state index >= 15 is 0 Å². The predicted octanol–water partition coefficient (Wildman–Crippen LogP) is 4.07. The first kappa shape index (κ1) is 16.0. The molecule has 0 spiro atoms. The standard InChI is InChI=1S/C20H32N2/c1-2-3-11-22-15-19(12-17-9-10-17)13-20(16-22)21-14-18-7-5-4-6-8-18/h4-8,17,19-21H,2-3,9-16H2,1H3. The normalized spacial score (nSPS) is 26.2. The largest absolute Gasteiger partial charge is 0.309 e. The highest BCUT2D eigenvalue weighted by atomic mass is 15.2. The molecule has 2 nitrogen and oxygen atoms in total. The lowest BCUT2D eigenvalue weighted by Crippen LogP contribution is -2.49. The van der Waals surface area contributed by atoms with Gasteiger partial charge in [-0.05, 0) is 43.2 Å². The number of hydrogen-bond donors (Lipinski definition) is 1. The Hall–Kier alpha value is -0.860. The SMILES string of the molecule is CCCCN1CC(CC2CC2)CC(NCc2ccccc2)C1. The van der Waals surface area contributed by atoms with E-state index in [1.54, 1.807) is 0 Å². The summed E-state index contributed by atoms with van der Waals surface area (Å²) in [6.07, 6.45) is 8.51. The summed E-state index contributed by atoms with van der Waals surface area (Å²) >= 11 is 0. The van der Waals surface area contributed by atoms with Gasteiger partial charge in [-0.2, -0.15) is 0 Å². The van der Waals surface area contributed by atoms with Gasteiger partial charge in [-0.3, -0.25) is 0 Å². The highest BCUT2D eigenvalue weighted by Gasteiger charge is 2.31. The van der Waals surface area contributed by atoms with Gasteiger partial charge in [-0.15, -0.1) is 0 Å². The molecule has 0 aromatic heterocycles. The lowest BCUT2D eigenvalue weighted by atomic mass is 9.89. The summed E-state index contributed by atoms with van der Waals surface area (Å²) in [4.78, 5) is 2.72. The molecule has 1 aromatic rings. The molecule has 2 fully saturated rings. The molecule has 1 saturated heterocycles. The molecule has 122 valence electrons. The van der Waals surface area contributed by atoms with E-state index in [-0.39, 0.29) is 0 Å². The summed E-state index contributed by atoms with van der Waals surface area (Å²) < 4.78 is 0. The Balaban J connectivity index is 1.51. The highest BCUT2D eigenvalue weighted by molar-refractivity contribution is 5.14. The minimum atomic E-state index is 0.676. The molecule has 0 bridgehead atoms. The van der Waals surface area contributed by atoms with Crippen LogP contribution in [-0.2, 0) is 6.54 Å². The van der Waals surface area contributed by atoms with E-state index in [9.17, 15) is 0 Å². The molecular weight excluding hydrogens is 268 g/mol. The molecule has 1 saturated carbocycles. The minimum Gasteiger partial charge on any atom is -0.309 e. The van der Waals surface area contributed by atoms with Gasteiger partial charge in [0.2, 0.25) is 0 Å². The van der Waals surface area contributed by atoms with Crippen molar-refractivity contribution in [2.24, 2.45) is 11.8 Å². The van der Waals surface area contributed by atoms with Crippen LogP contribution in [0.15, 0.2) is 30.3 Å². The van der Waals surface area contributed by atoms with E-state index < -0.39 is 0 Å². The van der Waals surface area contributed by atoms with Crippen molar-refractivity contribution in [3.63, 3.8) is 0 Å². The van der Waals surface area contributed by atoms with Crippen LogP contribution in [0.2, 0.25) is 0 Å². The van der Waals surface area contributed by atoms with Crippen molar-refractivity contribution in [2.75, 3.05) is 19.6 Å². The van der Waals surface area contributed by atoms with E-state index in [4.69, 9.17) is 0 Å². The maximum atomic E-state index is 3.83. The maximum absolute atomic E-state index is 3.83. The van der Waals surface area contributed by atoms with Gasteiger partial charge >= 0.3 is 0 Å². The first-order chi connectivity index (χ1) is 10.8. The molecular formula is C20H32N2. The van der Waals surface area contributed by atoms with Gasteiger partial charge < -0.3 is 10.2 Å². The second-order valence-electron chi connectivity index (χ2n) is 7.46. The van der Waals surface area contributed by atoms with Crippen molar-refractivity contribution in [1.82, 2.24) is 10.2 Å². The molecule has 1 aliphatic carbocycles. The zero-order chi connectivity index (χ0) is 15.2. The maximum Gasteiger partial charge on any atom is 0.0208 e. The first-order valence-corrected chi connectivity index (χ1v) is 9.33. The summed E-state index contributed by atoms with van der Waals surface area (Å²) in [6, 6.07) is 11.5. The molecule has 1 heterocycles. The highest BCUT2D eigenvalue weighted by Crippen LogP contribution is 2.37. The van der Waals surface area contributed by atoms with Crippen molar-refractivity contribution < 1.29 is 0 Å². The fourth-order valence-electron chi connectivity index (χ4n) is 3.87. The summed E-state index contributed by atoms with van der Waals surface area (Å²) in [7, 11) is 0. The summed E-state index contributed by atoms with van der Waals surface area (Å²) in [5.41, 5.74) is 1.41. The van der Waals surface area contributed by atoms with E-state index in [0.717, 1.165) is 18.4 Å². The quantitative estimate of drug-likeness (QED) is 0.778. The van der Waals surface area contributed by atoms with E-state index in [1.165, 1.54) is 63.7 Å². The van der Waals surface area contributed by atoms with E-state index in [0.29, 0.717) is 6.04 Å². The molecule has 0 radical (unpaired) electrons. The van der Waals surface area contributed by atoms with Crippen LogP contribution >= 0.6 is 0 Å². The van der Waals surface area contributed by atoms with E-state index in [1.807, 2.05) is 0 Å². The number of benzene rings is 1. The van der Waals surface area contributed by atoms with E-state index in [2.05, 4.69) is 47.5 Å². The van der Waals surface area contributed by atoms with Gasteiger partial charge in [0.1, 0.15) is 0 Å². The van der Waals surface area contributed by atoms with Crippen LogP contribution in [0, 0.1) is 11.8 Å². The van der Waals surface area contributed by atoms with Crippen molar-refractivity contribution in [3.8, 4) is 0 Å². The third-order valence-electron chi connectivity index (χ3n) is 5.24. The molecule has 2 atom stereocenters. The number of hydrogen-bond acceptors (Lipinski definition) is 2. The molecule has 2 unspecified atom stereocenters. The van der Waals surface area contributed by atoms with Gasteiger partial charge in [0.05, 0.1) is 0 Å². The smallest absolute Gasteiger partial charge is 0.0208 e.